The van der Waals surface area contributed by atoms with Crippen molar-refractivity contribution in [1.29, 1.82) is 0 Å². The monoisotopic (exact) mass is 399 g/mol. The Bertz CT molecular complexity index is 713. The van der Waals surface area contributed by atoms with E-state index in [1.54, 1.807) is 0 Å². The maximum Gasteiger partial charge on any atom is 0.243 e. The van der Waals surface area contributed by atoms with E-state index in [9.17, 15) is 33.6 Å². The molecule has 1 aliphatic rings. The molecule has 0 aromatic rings. The van der Waals surface area contributed by atoms with Gasteiger partial charge in [-0.2, -0.15) is 0 Å². The highest BCUT2D eigenvalue weighted by Gasteiger charge is 2.26. The molecule has 0 spiro atoms. The molecule has 28 heavy (non-hydrogen) atoms. The summed E-state index contributed by atoms with van der Waals surface area (Å²) in [6.45, 7) is -1.04. The molecule has 1 fully saturated rings. The van der Waals surface area contributed by atoms with Gasteiger partial charge in [0.05, 0.1) is 32.7 Å². The third-order valence-electron chi connectivity index (χ3n) is 3.46. The van der Waals surface area contributed by atoms with E-state index in [2.05, 4.69) is 21.3 Å². The first-order valence-electron chi connectivity index (χ1n) is 8.70. The van der Waals surface area contributed by atoms with Gasteiger partial charge >= 0.3 is 0 Å². The predicted octanol–water partition coefficient (Wildman–Crippen LogP) is -4.66. The highest BCUT2D eigenvalue weighted by molar-refractivity contribution is 5.95. The Hall–Kier alpha value is -3.51. The van der Waals surface area contributed by atoms with Crippen LogP contribution in [0.25, 0.3) is 0 Å². The molecule has 1 aliphatic heterocycles. The lowest BCUT2D eigenvalue weighted by Gasteiger charge is -2.24. The van der Waals surface area contributed by atoms with E-state index in [-0.39, 0.29) is 12.3 Å². The number of amides is 6. The maximum absolute atomic E-state index is 12.1. The Labute approximate surface area is 161 Å². The lowest BCUT2D eigenvalue weighted by molar-refractivity contribution is -0.138. The van der Waals surface area contributed by atoms with Gasteiger partial charge in [0.15, 0.2) is 0 Å². The van der Waals surface area contributed by atoms with Gasteiger partial charge in [0, 0.05) is 0 Å². The number of hydrogen-bond acceptors (Lipinski definition) is 7. The minimum atomic E-state index is -1.30. The topological polar surface area (TPSA) is 183 Å². The van der Waals surface area contributed by atoms with Gasteiger partial charge in [-0.05, 0) is 6.92 Å². The minimum Gasteiger partial charge on any atom is -0.350 e. The van der Waals surface area contributed by atoms with E-state index < -0.39 is 74.7 Å². The number of hydrogen-bond donors (Lipinski definition) is 5. The Morgan fingerprint density at radius 1 is 1.18 bits per heavy atom. The molecule has 5 N–H and O–H groups in total. The van der Waals surface area contributed by atoms with Crippen LogP contribution < -0.4 is 26.6 Å². The normalized spacial score (nSPS) is 18.9. The van der Waals surface area contributed by atoms with Gasteiger partial charge in [0.1, 0.15) is 19.7 Å². The standard InChI is InChI=1S/C15H22N6O7/c1-9(23)3-18-15(28)10-2-11(24)19-7-21(14(27)5-16-8-22)6-13(26)17-4-12(25)20-10/h8,10H,2-7H2,1H3,(H,16,22)(H,17,26)(H,18,28)(H,19,24)(H,20,25)/i8D. The first-order valence-corrected chi connectivity index (χ1v) is 8.20. The minimum absolute atomic E-state index is 0.284. The molecule has 0 radical (unpaired) electrons. The van der Waals surface area contributed by atoms with Crippen LogP contribution in [0.2, 0.25) is 0 Å². The van der Waals surface area contributed by atoms with Crippen LogP contribution in [0.15, 0.2) is 0 Å². The SMILES string of the molecule is [2H]C(=O)NCC(=O)N1CNC(=O)CC(C(=O)NCC(C)=O)NC(=O)CNC(=O)C1. The van der Waals surface area contributed by atoms with Crippen LogP contribution in [0.5, 0.6) is 0 Å². The molecule has 0 aromatic carbocycles. The maximum atomic E-state index is 12.1. The van der Waals surface area contributed by atoms with Gasteiger partial charge in [-0.3, -0.25) is 33.6 Å². The van der Waals surface area contributed by atoms with Gasteiger partial charge in [0.2, 0.25) is 35.9 Å². The number of rotatable bonds is 5. The zero-order valence-electron chi connectivity index (χ0n) is 16.1. The lowest BCUT2D eigenvalue weighted by atomic mass is 10.1. The second-order valence-corrected chi connectivity index (χ2v) is 5.83. The van der Waals surface area contributed by atoms with Crippen LogP contribution in [-0.2, 0) is 33.6 Å². The van der Waals surface area contributed by atoms with E-state index in [1.165, 1.54) is 6.92 Å². The molecule has 154 valence electrons. The number of carbonyl (C=O) groups is 7. The van der Waals surface area contributed by atoms with Gasteiger partial charge in [0.25, 0.3) is 0 Å². The van der Waals surface area contributed by atoms with Crippen LogP contribution in [0, 0.1) is 0 Å². The van der Waals surface area contributed by atoms with E-state index in [0.29, 0.717) is 0 Å². The van der Waals surface area contributed by atoms with Crippen molar-refractivity contribution in [2.75, 3.05) is 32.8 Å². The average molecular weight is 399 g/mol. The van der Waals surface area contributed by atoms with Crippen molar-refractivity contribution in [3.8, 4) is 0 Å². The number of ketones is 1. The van der Waals surface area contributed by atoms with Crippen molar-refractivity contribution in [2.45, 2.75) is 19.4 Å². The summed E-state index contributed by atoms with van der Waals surface area (Å²) in [5.41, 5.74) is 0. The third kappa shape index (κ3) is 8.25. The third-order valence-corrected chi connectivity index (χ3v) is 3.46. The Morgan fingerprint density at radius 3 is 2.54 bits per heavy atom. The van der Waals surface area contributed by atoms with Crippen molar-refractivity contribution in [3.63, 3.8) is 0 Å². The first-order chi connectivity index (χ1) is 13.6. The van der Waals surface area contributed by atoms with Gasteiger partial charge < -0.3 is 31.5 Å². The number of nitrogens with one attached hydrogen (secondary N) is 5. The van der Waals surface area contributed by atoms with E-state index in [4.69, 9.17) is 1.37 Å². The Balaban J connectivity index is 2.87. The summed E-state index contributed by atoms with van der Waals surface area (Å²) in [5, 5.41) is 11.1. The molecule has 0 saturated carbocycles. The van der Waals surface area contributed by atoms with Crippen LogP contribution in [0.4, 0.5) is 0 Å². The molecule has 1 heterocycles. The Kier molecular flexibility index (Phi) is 8.36. The molecular weight excluding hydrogens is 376 g/mol. The fraction of sp³-hybridized carbons (Fsp3) is 0.533. The highest BCUT2D eigenvalue weighted by Crippen LogP contribution is 1.96. The molecule has 1 saturated heterocycles. The summed E-state index contributed by atoms with van der Waals surface area (Å²) < 4.78 is 6.72. The highest BCUT2D eigenvalue weighted by atomic mass is 16.2. The first kappa shape index (κ1) is 20.8. The van der Waals surface area contributed by atoms with Crippen molar-refractivity contribution in [1.82, 2.24) is 31.5 Å². The van der Waals surface area contributed by atoms with E-state index in [0.717, 1.165) is 4.90 Å². The van der Waals surface area contributed by atoms with Crippen molar-refractivity contribution in [2.24, 2.45) is 0 Å². The molecule has 13 nitrogen and oxygen atoms in total. The molecule has 0 aromatic heterocycles. The fourth-order valence-corrected chi connectivity index (χ4v) is 2.09. The molecule has 13 heteroatoms. The molecule has 0 aliphatic carbocycles. The lowest BCUT2D eigenvalue weighted by Crippen LogP contribution is -2.55. The zero-order chi connectivity index (χ0) is 22.0. The zero-order valence-corrected chi connectivity index (χ0v) is 15.1. The average Bonchev–Trinajstić information content (AvgIpc) is 2.64. The van der Waals surface area contributed by atoms with Crippen molar-refractivity contribution in [3.05, 3.63) is 0 Å². The molecular formula is C15H22N6O7. The predicted molar refractivity (Wildman–Crippen MR) is 92.0 cm³/mol. The van der Waals surface area contributed by atoms with Crippen LogP contribution >= 0.6 is 0 Å². The second-order valence-electron chi connectivity index (χ2n) is 5.83. The Morgan fingerprint density at radius 2 is 1.89 bits per heavy atom. The van der Waals surface area contributed by atoms with Crippen LogP contribution in [0.3, 0.4) is 0 Å². The molecule has 0 bridgehead atoms. The van der Waals surface area contributed by atoms with Gasteiger partial charge in [-0.1, -0.05) is 0 Å². The largest absolute Gasteiger partial charge is 0.350 e. The summed E-state index contributed by atoms with van der Waals surface area (Å²) in [6.07, 6.45) is -1.67. The van der Waals surface area contributed by atoms with Crippen molar-refractivity contribution >= 4 is 41.7 Å². The van der Waals surface area contributed by atoms with Crippen LogP contribution in [-0.4, -0.2) is 85.5 Å². The summed E-state index contributed by atoms with van der Waals surface area (Å²) >= 11 is 0. The summed E-state index contributed by atoms with van der Waals surface area (Å²) in [6, 6.07) is -1.30. The van der Waals surface area contributed by atoms with Gasteiger partial charge in [-0.25, -0.2) is 0 Å². The van der Waals surface area contributed by atoms with Crippen molar-refractivity contribution < 1.29 is 34.9 Å². The molecule has 6 amide bonds. The summed E-state index contributed by atoms with van der Waals surface area (Å²) in [7, 11) is 0. The molecule has 1 rings (SSSR count). The number of Topliss-reactive ketones (excluding diaryl/α,β-unsaturated/α-hetero) is 1. The smallest absolute Gasteiger partial charge is 0.243 e. The quantitative estimate of drug-likeness (QED) is 0.288. The van der Waals surface area contributed by atoms with Crippen LogP contribution in [0.1, 0.15) is 14.7 Å². The van der Waals surface area contributed by atoms with Gasteiger partial charge in [-0.15, -0.1) is 0 Å². The van der Waals surface area contributed by atoms with E-state index in [1.807, 2.05) is 5.32 Å². The second kappa shape index (κ2) is 11.3. The number of carbonyl (C=O) groups excluding carboxylic acids is 7. The summed E-state index contributed by atoms with van der Waals surface area (Å²) in [4.78, 5) is 82.7. The molecule has 1 unspecified atom stereocenters. The summed E-state index contributed by atoms with van der Waals surface area (Å²) in [5.74, 6) is -4.04. The van der Waals surface area contributed by atoms with E-state index >= 15 is 0 Å². The molecule has 1 atom stereocenters. The number of nitrogens with zero attached hydrogens (tertiary/aromatic N) is 1. The fourth-order valence-electron chi connectivity index (χ4n) is 2.09.